The molecular formula is C11H14F3N3O3S. The van der Waals surface area contributed by atoms with Crippen molar-refractivity contribution in [3.05, 3.63) is 18.0 Å². The van der Waals surface area contributed by atoms with Crippen LogP contribution in [0.1, 0.15) is 18.5 Å². The van der Waals surface area contributed by atoms with E-state index in [4.69, 9.17) is 4.74 Å². The molecule has 1 aromatic heterocycles. The van der Waals surface area contributed by atoms with E-state index >= 15 is 0 Å². The van der Waals surface area contributed by atoms with Crippen molar-refractivity contribution in [3.8, 4) is 6.01 Å². The van der Waals surface area contributed by atoms with Crippen molar-refractivity contribution in [2.24, 2.45) is 0 Å². The third kappa shape index (κ3) is 4.27. The second-order valence-corrected chi connectivity index (χ2v) is 6.71. The van der Waals surface area contributed by atoms with Crippen LogP contribution in [0, 0.1) is 0 Å². The van der Waals surface area contributed by atoms with Crippen LogP contribution in [0.4, 0.5) is 13.2 Å². The maximum atomic E-state index is 12.5. The fourth-order valence-electron chi connectivity index (χ4n) is 2.01. The molecule has 1 aliphatic heterocycles. The monoisotopic (exact) mass is 325 g/mol. The van der Waals surface area contributed by atoms with Crippen LogP contribution in [-0.4, -0.2) is 48.1 Å². The number of aromatic nitrogens is 2. The largest absolute Gasteiger partial charge is 0.459 e. The summed E-state index contributed by atoms with van der Waals surface area (Å²) in [5.74, 6) is 0. The zero-order valence-electron chi connectivity index (χ0n) is 11.2. The Bertz CT molecular complexity index is 606. The zero-order chi connectivity index (χ0) is 15.7. The maximum absolute atomic E-state index is 12.5. The lowest BCUT2D eigenvalue weighted by Gasteiger charge is -2.30. The summed E-state index contributed by atoms with van der Waals surface area (Å²) >= 11 is 0. The Kier molecular flexibility index (Phi) is 4.38. The summed E-state index contributed by atoms with van der Waals surface area (Å²) in [5, 5.41) is 0. The molecule has 0 N–H and O–H groups in total. The van der Waals surface area contributed by atoms with E-state index in [2.05, 4.69) is 9.97 Å². The van der Waals surface area contributed by atoms with E-state index in [0.717, 1.165) is 18.5 Å². The predicted molar refractivity (Wildman–Crippen MR) is 67.1 cm³/mol. The minimum absolute atomic E-state index is 0.0818. The zero-order valence-corrected chi connectivity index (χ0v) is 12.0. The average molecular weight is 325 g/mol. The summed E-state index contributed by atoms with van der Waals surface area (Å²) < 4.78 is 67.0. The van der Waals surface area contributed by atoms with Gasteiger partial charge in [-0.25, -0.2) is 13.4 Å². The van der Waals surface area contributed by atoms with Gasteiger partial charge in [0, 0.05) is 12.7 Å². The molecule has 0 amide bonds. The summed E-state index contributed by atoms with van der Waals surface area (Å²) in [6, 6.07) is 0.349. The molecule has 1 aliphatic rings. The molecule has 1 atom stereocenters. The minimum atomic E-state index is -4.58. The van der Waals surface area contributed by atoms with Gasteiger partial charge in [-0.05, 0) is 18.9 Å². The molecule has 1 saturated heterocycles. The van der Waals surface area contributed by atoms with Gasteiger partial charge in [0.25, 0.3) is 0 Å². The number of rotatable bonds is 3. The van der Waals surface area contributed by atoms with Crippen LogP contribution in [0.5, 0.6) is 6.01 Å². The summed E-state index contributed by atoms with van der Waals surface area (Å²) in [4.78, 5) is 6.93. The highest BCUT2D eigenvalue weighted by Crippen LogP contribution is 2.28. The van der Waals surface area contributed by atoms with Crippen LogP contribution in [0.3, 0.4) is 0 Å². The standard InChI is InChI=1S/C11H14F3N3O3S/c1-21(18,19)17-6-2-3-8(7-17)20-10-15-5-4-9(16-10)11(12,13)14/h4-5,8H,2-3,6-7H2,1H3. The van der Waals surface area contributed by atoms with Crippen molar-refractivity contribution in [3.63, 3.8) is 0 Å². The molecule has 2 heterocycles. The Hall–Kier alpha value is -1.42. The second kappa shape index (κ2) is 5.76. The molecule has 0 saturated carbocycles. The molecule has 1 fully saturated rings. The van der Waals surface area contributed by atoms with Crippen molar-refractivity contribution >= 4 is 10.0 Å². The van der Waals surface area contributed by atoms with Crippen molar-refractivity contribution in [2.45, 2.75) is 25.1 Å². The van der Waals surface area contributed by atoms with Gasteiger partial charge >= 0.3 is 12.2 Å². The highest BCUT2D eigenvalue weighted by molar-refractivity contribution is 7.88. The number of alkyl halides is 3. The lowest BCUT2D eigenvalue weighted by atomic mass is 10.1. The highest BCUT2D eigenvalue weighted by atomic mass is 32.2. The minimum Gasteiger partial charge on any atom is -0.459 e. The van der Waals surface area contributed by atoms with Gasteiger partial charge in [-0.2, -0.15) is 22.5 Å². The molecule has 1 aromatic rings. The lowest BCUT2D eigenvalue weighted by molar-refractivity contribution is -0.141. The van der Waals surface area contributed by atoms with Gasteiger partial charge in [-0.3, -0.25) is 0 Å². The maximum Gasteiger partial charge on any atom is 0.433 e. The molecule has 0 spiro atoms. The third-order valence-electron chi connectivity index (χ3n) is 3.01. The first-order chi connectivity index (χ1) is 9.66. The van der Waals surface area contributed by atoms with E-state index in [1.807, 2.05) is 0 Å². The number of piperidine rings is 1. The van der Waals surface area contributed by atoms with E-state index in [0.29, 0.717) is 19.4 Å². The number of nitrogens with zero attached hydrogens (tertiary/aromatic N) is 3. The molecule has 2 rings (SSSR count). The average Bonchev–Trinajstić information content (AvgIpc) is 2.37. The summed E-state index contributed by atoms with van der Waals surface area (Å²) in [6.07, 6.45) is -2.00. The first-order valence-electron chi connectivity index (χ1n) is 6.18. The fraction of sp³-hybridized carbons (Fsp3) is 0.636. The molecule has 10 heteroatoms. The fourth-order valence-corrected chi connectivity index (χ4v) is 2.90. The van der Waals surface area contributed by atoms with Gasteiger partial charge in [0.15, 0.2) is 5.69 Å². The number of ether oxygens (including phenoxy) is 1. The van der Waals surface area contributed by atoms with Gasteiger partial charge in [-0.15, -0.1) is 0 Å². The van der Waals surface area contributed by atoms with Crippen molar-refractivity contribution < 1.29 is 26.3 Å². The van der Waals surface area contributed by atoms with E-state index in [-0.39, 0.29) is 6.54 Å². The summed E-state index contributed by atoms with van der Waals surface area (Å²) in [7, 11) is -3.35. The third-order valence-corrected chi connectivity index (χ3v) is 4.28. The Labute approximate surface area is 120 Å². The quantitative estimate of drug-likeness (QED) is 0.837. The molecule has 0 aliphatic carbocycles. The van der Waals surface area contributed by atoms with E-state index in [1.165, 1.54) is 4.31 Å². The van der Waals surface area contributed by atoms with Gasteiger partial charge in [0.1, 0.15) is 6.10 Å². The molecule has 0 bridgehead atoms. The Morgan fingerprint density at radius 1 is 1.43 bits per heavy atom. The summed E-state index contributed by atoms with van der Waals surface area (Å²) in [6.45, 7) is 0.459. The topological polar surface area (TPSA) is 72.4 Å². The molecular weight excluding hydrogens is 311 g/mol. The smallest absolute Gasteiger partial charge is 0.433 e. The van der Waals surface area contributed by atoms with Gasteiger partial charge in [0.2, 0.25) is 10.0 Å². The highest BCUT2D eigenvalue weighted by Gasteiger charge is 2.33. The molecule has 118 valence electrons. The lowest BCUT2D eigenvalue weighted by Crippen LogP contribution is -2.44. The van der Waals surface area contributed by atoms with Crippen molar-refractivity contribution in [1.29, 1.82) is 0 Å². The van der Waals surface area contributed by atoms with Crippen LogP contribution >= 0.6 is 0 Å². The number of halogens is 3. The van der Waals surface area contributed by atoms with E-state index in [1.54, 1.807) is 0 Å². The Morgan fingerprint density at radius 2 is 2.14 bits per heavy atom. The number of hydrogen-bond acceptors (Lipinski definition) is 5. The SMILES string of the molecule is CS(=O)(=O)N1CCCC(Oc2nccc(C(F)(F)F)n2)C1. The van der Waals surface area contributed by atoms with E-state index in [9.17, 15) is 21.6 Å². The molecule has 6 nitrogen and oxygen atoms in total. The normalized spacial score (nSPS) is 21.2. The molecule has 1 unspecified atom stereocenters. The van der Waals surface area contributed by atoms with Gasteiger partial charge < -0.3 is 4.74 Å². The van der Waals surface area contributed by atoms with Crippen LogP contribution in [0.25, 0.3) is 0 Å². The van der Waals surface area contributed by atoms with Crippen molar-refractivity contribution in [1.82, 2.24) is 14.3 Å². The van der Waals surface area contributed by atoms with Crippen LogP contribution < -0.4 is 4.74 Å². The Morgan fingerprint density at radius 3 is 2.76 bits per heavy atom. The molecule has 0 aromatic carbocycles. The van der Waals surface area contributed by atoms with Gasteiger partial charge in [-0.1, -0.05) is 0 Å². The number of sulfonamides is 1. The van der Waals surface area contributed by atoms with Crippen LogP contribution in [0.15, 0.2) is 12.3 Å². The van der Waals surface area contributed by atoms with E-state index < -0.39 is 34.0 Å². The molecule has 0 radical (unpaired) electrons. The second-order valence-electron chi connectivity index (χ2n) is 4.73. The first kappa shape index (κ1) is 16.0. The predicted octanol–water partition coefficient (Wildman–Crippen LogP) is 1.30. The first-order valence-corrected chi connectivity index (χ1v) is 8.03. The number of hydrogen-bond donors (Lipinski definition) is 0. The van der Waals surface area contributed by atoms with Crippen LogP contribution in [-0.2, 0) is 16.2 Å². The van der Waals surface area contributed by atoms with Crippen molar-refractivity contribution in [2.75, 3.05) is 19.3 Å². The van der Waals surface area contributed by atoms with Crippen LogP contribution in [0.2, 0.25) is 0 Å². The molecule has 21 heavy (non-hydrogen) atoms. The summed E-state index contributed by atoms with van der Waals surface area (Å²) in [5.41, 5.74) is -1.09. The van der Waals surface area contributed by atoms with Gasteiger partial charge in [0.05, 0.1) is 12.8 Å². The Balaban J connectivity index is 2.08.